The van der Waals surface area contributed by atoms with Gasteiger partial charge in [0.05, 0.1) is 11.4 Å². The summed E-state index contributed by atoms with van der Waals surface area (Å²) in [6.07, 6.45) is 0.427. The summed E-state index contributed by atoms with van der Waals surface area (Å²) in [5.74, 6) is 0.402. The van der Waals surface area contributed by atoms with Gasteiger partial charge in [-0.3, -0.25) is 9.59 Å². The molecule has 2 amide bonds. The van der Waals surface area contributed by atoms with Crippen LogP contribution in [0.15, 0.2) is 23.1 Å². The number of anilines is 2. The minimum absolute atomic E-state index is 0.00731. The molecule has 0 saturated carbocycles. The topological polar surface area (TPSA) is 70.2 Å². The van der Waals surface area contributed by atoms with E-state index in [1.165, 1.54) is 11.8 Å². The predicted octanol–water partition coefficient (Wildman–Crippen LogP) is 2.06. The van der Waals surface area contributed by atoms with Crippen molar-refractivity contribution in [1.29, 1.82) is 0 Å². The molecule has 5 nitrogen and oxygen atoms in total. The van der Waals surface area contributed by atoms with E-state index in [1.807, 2.05) is 26.0 Å². The lowest BCUT2D eigenvalue weighted by molar-refractivity contribution is -0.116. The van der Waals surface area contributed by atoms with Gasteiger partial charge in [0.25, 0.3) is 0 Å². The van der Waals surface area contributed by atoms with Gasteiger partial charge in [-0.05, 0) is 18.2 Å². The molecule has 1 aliphatic heterocycles. The van der Waals surface area contributed by atoms with E-state index >= 15 is 0 Å². The molecule has 1 aliphatic rings. The van der Waals surface area contributed by atoms with E-state index in [0.29, 0.717) is 30.4 Å². The number of fused-ring (bicyclic) bond motifs is 1. The molecule has 0 aliphatic carbocycles. The summed E-state index contributed by atoms with van der Waals surface area (Å²) in [5, 5.41) is 8.85. The maximum absolute atomic E-state index is 11.8. The molecule has 1 heterocycles. The summed E-state index contributed by atoms with van der Waals surface area (Å²) in [4.78, 5) is 24.2. The van der Waals surface area contributed by atoms with Gasteiger partial charge >= 0.3 is 0 Å². The first-order valence-corrected chi connectivity index (χ1v) is 7.63. The van der Waals surface area contributed by atoms with E-state index in [-0.39, 0.29) is 11.8 Å². The van der Waals surface area contributed by atoms with Crippen LogP contribution in [0.1, 0.15) is 20.3 Å². The van der Waals surface area contributed by atoms with Crippen LogP contribution in [0, 0.1) is 0 Å². The van der Waals surface area contributed by atoms with E-state index in [4.69, 9.17) is 0 Å². The second-order valence-corrected chi connectivity index (χ2v) is 5.97. The van der Waals surface area contributed by atoms with E-state index in [0.717, 1.165) is 10.6 Å². The molecule has 0 bridgehead atoms. The van der Waals surface area contributed by atoms with Crippen LogP contribution in [0.3, 0.4) is 0 Å². The van der Waals surface area contributed by atoms with E-state index in [1.54, 1.807) is 6.07 Å². The molecule has 0 spiro atoms. The quantitative estimate of drug-likeness (QED) is 0.777. The summed E-state index contributed by atoms with van der Waals surface area (Å²) >= 11 is 1.51. The highest BCUT2D eigenvalue weighted by atomic mass is 32.2. The average molecular weight is 293 g/mol. The number of nitrogens with one attached hydrogen (secondary N) is 3. The number of carbonyl (C=O) groups is 2. The third-order valence-corrected chi connectivity index (χ3v) is 3.87. The van der Waals surface area contributed by atoms with Crippen molar-refractivity contribution in [2.75, 3.05) is 22.9 Å². The molecule has 0 radical (unpaired) electrons. The zero-order chi connectivity index (χ0) is 14.5. The van der Waals surface area contributed by atoms with Gasteiger partial charge in [0, 0.05) is 29.6 Å². The maximum atomic E-state index is 11.8. The molecular weight excluding hydrogens is 274 g/mol. The number of hydrogen-bond donors (Lipinski definition) is 3. The SMILES string of the molecule is CC(C)NCCC(=O)Nc1ccc2c(c1)NC(=O)CS2. The van der Waals surface area contributed by atoms with Gasteiger partial charge in [-0.2, -0.15) is 0 Å². The van der Waals surface area contributed by atoms with Gasteiger partial charge in [0.1, 0.15) is 0 Å². The second kappa shape index (κ2) is 6.76. The lowest BCUT2D eigenvalue weighted by atomic mass is 10.2. The van der Waals surface area contributed by atoms with Crippen LogP contribution in [0.25, 0.3) is 0 Å². The maximum Gasteiger partial charge on any atom is 0.234 e. The molecule has 0 saturated heterocycles. The van der Waals surface area contributed by atoms with Gasteiger partial charge in [-0.25, -0.2) is 0 Å². The largest absolute Gasteiger partial charge is 0.326 e. The minimum Gasteiger partial charge on any atom is -0.326 e. The first-order valence-electron chi connectivity index (χ1n) is 6.64. The van der Waals surface area contributed by atoms with Crippen molar-refractivity contribution in [1.82, 2.24) is 5.32 Å². The third kappa shape index (κ3) is 4.25. The molecule has 3 N–H and O–H groups in total. The van der Waals surface area contributed by atoms with E-state index in [9.17, 15) is 9.59 Å². The zero-order valence-corrected chi connectivity index (χ0v) is 12.5. The van der Waals surface area contributed by atoms with Crippen molar-refractivity contribution in [2.45, 2.75) is 31.2 Å². The molecule has 6 heteroatoms. The summed E-state index contributed by atoms with van der Waals surface area (Å²) in [6, 6.07) is 5.95. The molecule has 1 aromatic rings. The van der Waals surface area contributed by atoms with Crippen molar-refractivity contribution < 1.29 is 9.59 Å². The number of rotatable bonds is 5. The summed E-state index contributed by atoms with van der Waals surface area (Å²) in [5.41, 5.74) is 1.48. The molecular formula is C14H19N3O2S. The lowest BCUT2D eigenvalue weighted by Crippen LogP contribution is -2.27. The minimum atomic E-state index is -0.0344. The molecule has 1 aromatic carbocycles. The molecule has 20 heavy (non-hydrogen) atoms. The molecule has 0 unspecified atom stereocenters. The van der Waals surface area contributed by atoms with Crippen LogP contribution in [-0.4, -0.2) is 30.2 Å². The van der Waals surface area contributed by atoms with Crippen molar-refractivity contribution in [2.24, 2.45) is 0 Å². The summed E-state index contributed by atoms with van der Waals surface area (Å²) < 4.78 is 0. The Balaban J connectivity index is 1.91. The highest BCUT2D eigenvalue weighted by Crippen LogP contribution is 2.33. The Morgan fingerprint density at radius 3 is 3.00 bits per heavy atom. The Kier molecular flexibility index (Phi) is 5.03. The zero-order valence-electron chi connectivity index (χ0n) is 11.7. The van der Waals surface area contributed by atoms with Gasteiger partial charge in [0.2, 0.25) is 11.8 Å². The molecule has 0 fully saturated rings. The number of benzene rings is 1. The fraction of sp³-hybridized carbons (Fsp3) is 0.429. The van der Waals surface area contributed by atoms with Crippen molar-refractivity contribution in [3.63, 3.8) is 0 Å². The molecule has 0 aromatic heterocycles. The Bertz CT molecular complexity index is 517. The number of thioether (sulfide) groups is 1. The highest BCUT2D eigenvalue weighted by Gasteiger charge is 2.15. The van der Waals surface area contributed by atoms with Gasteiger partial charge in [0.15, 0.2) is 0 Å². The smallest absolute Gasteiger partial charge is 0.234 e. The van der Waals surface area contributed by atoms with E-state index < -0.39 is 0 Å². The molecule has 0 atom stereocenters. The van der Waals surface area contributed by atoms with Gasteiger partial charge < -0.3 is 16.0 Å². The Morgan fingerprint density at radius 1 is 1.45 bits per heavy atom. The number of hydrogen-bond acceptors (Lipinski definition) is 4. The number of carbonyl (C=O) groups excluding carboxylic acids is 2. The Morgan fingerprint density at radius 2 is 2.25 bits per heavy atom. The lowest BCUT2D eigenvalue weighted by Gasteiger charge is -2.17. The first-order chi connectivity index (χ1) is 9.54. The first kappa shape index (κ1) is 14.9. The third-order valence-electron chi connectivity index (χ3n) is 2.80. The van der Waals surface area contributed by atoms with Crippen LogP contribution in [0.4, 0.5) is 11.4 Å². The predicted molar refractivity (Wildman–Crippen MR) is 82.2 cm³/mol. The number of amides is 2. The van der Waals surface area contributed by atoms with Crippen LogP contribution >= 0.6 is 11.8 Å². The van der Waals surface area contributed by atoms with Crippen LogP contribution in [0.2, 0.25) is 0 Å². The van der Waals surface area contributed by atoms with Crippen LogP contribution < -0.4 is 16.0 Å². The standard InChI is InChI=1S/C14H19N3O2S/c1-9(2)15-6-5-13(18)16-10-3-4-12-11(7-10)17-14(19)8-20-12/h3-4,7,9,15H,5-6,8H2,1-2H3,(H,16,18)(H,17,19). The fourth-order valence-corrected chi connectivity index (χ4v) is 2.65. The van der Waals surface area contributed by atoms with Crippen LogP contribution in [-0.2, 0) is 9.59 Å². The summed E-state index contributed by atoms with van der Waals surface area (Å²) in [7, 11) is 0. The van der Waals surface area contributed by atoms with Crippen LogP contribution in [0.5, 0.6) is 0 Å². The van der Waals surface area contributed by atoms with Gasteiger partial charge in [-0.15, -0.1) is 11.8 Å². The molecule has 108 valence electrons. The van der Waals surface area contributed by atoms with Crippen molar-refractivity contribution in [3.05, 3.63) is 18.2 Å². The second-order valence-electron chi connectivity index (χ2n) is 4.95. The Labute approximate surface area is 122 Å². The highest BCUT2D eigenvalue weighted by molar-refractivity contribution is 8.00. The average Bonchev–Trinajstić information content (AvgIpc) is 2.37. The van der Waals surface area contributed by atoms with Crippen molar-refractivity contribution >= 4 is 35.0 Å². The summed E-state index contributed by atoms with van der Waals surface area (Å²) in [6.45, 7) is 4.74. The fourth-order valence-electron chi connectivity index (χ4n) is 1.86. The molecule has 2 rings (SSSR count). The normalized spacial score (nSPS) is 13.8. The van der Waals surface area contributed by atoms with E-state index in [2.05, 4.69) is 16.0 Å². The monoisotopic (exact) mass is 293 g/mol. The van der Waals surface area contributed by atoms with Crippen molar-refractivity contribution in [3.8, 4) is 0 Å². The Hall–Kier alpha value is -1.53. The van der Waals surface area contributed by atoms with Gasteiger partial charge in [-0.1, -0.05) is 13.8 Å².